The molecule has 0 bridgehead atoms. The summed E-state index contributed by atoms with van der Waals surface area (Å²) < 4.78 is 3.92. The molecule has 3 rings (SSSR count). The minimum Gasteiger partial charge on any atom is -0.342 e. The third kappa shape index (κ3) is 4.24. The van der Waals surface area contributed by atoms with E-state index in [4.69, 9.17) is 0 Å². The molecule has 0 saturated heterocycles. The number of hydrogen-bond acceptors (Lipinski definition) is 4. The summed E-state index contributed by atoms with van der Waals surface area (Å²) in [4.78, 5) is 12.6. The Morgan fingerprint density at radius 2 is 1.85 bits per heavy atom. The third-order valence-corrected chi connectivity index (χ3v) is 4.54. The van der Waals surface area contributed by atoms with Crippen LogP contribution in [0.3, 0.4) is 0 Å². The molecule has 7 nitrogen and oxygen atoms in total. The first-order valence-electron chi connectivity index (χ1n) is 9.15. The van der Waals surface area contributed by atoms with Crippen LogP contribution < -0.4 is 5.32 Å². The van der Waals surface area contributed by atoms with Gasteiger partial charge in [0.05, 0.1) is 18.3 Å². The van der Waals surface area contributed by atoms with Gasteiger partial charge in [0.2, 0.25) is 0 Å². The molecule has 0 spiro atoms. The van der Waals surface area contributed by atoms with Gasteiger partial charge in [-0.25, -0.2) is 0 Å². The van der Waals surface area contributed by atoms with Crippen LogP contribution in [0.25, 0.3) is 0 Å². The van der Waals surface area contributed by atoms with Crippen LogP contribution in [0, 0.1) is 13.8 Å². The lowest BCUT2D eigenvalue weighted by atomic mass is 10.1. The van der Waals surface area contributed by atoms with E-state index in [2.05, 4.69) is 40.5 Å². The zero-order valence-corrected chi connectivity index (χ0v) is 16.5. The summed E-state index contributed by atoms with van der Waals surface area (Å²) in [6, 6.07) is 9.69. The lowest BCUT2D eigenvalue weighted by molar-refractivity contribution is 0.0937. The van der Waals surface area contributed by atoms with Crippen LogP contribution in [-0.4, -0.2) is 30.5 Å². The van der Waals surface area contributed by atoms with Gasteiger partial charge >= 0.3 is 0 Å². The number of rotatable bonds is 6. The molecule has 1 N–H and O–H groups in total. The number of nitrogens with zero attached hydrogens (tertiary/aromatic N) is 5. The number of nitrogens with one attached hydrogen (secondary N) is 1. The summed E-state index contributed by atoms with van der Waals surface area (Å²) in [5.41, 5.74) is 3.85. The highest BCUT2D eigenvalue weighted by Gasteiger charge is 2.18. The van der Waals surface area contributed by atoms with Gasteiger partial charge < -0.3 is 9.88 Å². The van der Waals surface area contributed by atoms with Crippen LogP contribution in [0.4, 0.5) is 0 Å². The maximum absolute atomic E-state index is 12.6. The fraction of sp³-hybridized carbons (Fsp3) is 0.400. The Morgan fingerprint density at radius 3 is 2.44 bits per heavy atom. The van der Waals surface area contributed by atoms with Crippen LogP contribution in [-0.2, 0) is 6.54 Å². The highest BCUT2D eigenvalue weighted by molar-refractivity contribution is 5.94. The highest BCUT2D eigenvalue weighted by atomic mass is 16.1. The molecule has 142 valence electrons. The predicted molar refractivity (Wildman–Crippen MR) is 104 cm³/mol. The zero-order chi connectivity index (χ0) is 19.6. The van der Waals surface area contributed by atoms with Gasteiger partial charge in [-0.3, -0.25) is 9.48 Å². The van der Waals surface area contributed by atoms with E-state index in [0.717, 1.165) is 22.8 Å². The molecule has 0 unspecified atom stereocenters. The van der Waals surface area contributed by atoms with Gasteiger partial charge in [-0.2, -0.15) is 5.10 Å². The molecular formula is C20H26N6O. The standard InChI is InChI=1S/C20H26N6O/c1-13(2)25-12-21-23-19(25)16(5)22-20(27)18-8-6-17(7-9-18)11-26-15(4)10-14(3)24-26/h6-10,12-13,16H,11H2,1-5H3,(H,22,27)/t16-/m1/s1. The monoisotopic (exact) mass is 366 g/mol. The quantitative estimate of drug-likeness (QED) is 0.727. The van der Waals surface area contributed by atoms with Crippen LogP contribution in [0.5, 0.6) is 0 Å². The number of hydrogen-bond donors (Lipinski definition) is 1. The molecule has 0 radical (unpaired) electrons. The Balaban J connectivity index is 1.66. The summed E-state index contributed by atoms with van der Waals surface area (Å²) in [6.45, 7) is 10.7. The maximum Gasteiger partial charge on any atom is 0.251 e. The number of benzene rings is 1. The molecule has 1 amide bonds. The van der Waals surface area contributed by atoms with Crippen LogP contribution >= 0.6 is 0 Å². The van der Waals surface area contributed by atoms with Crippen LogP contribution in [0.15, 0.2) is 36.7 Å². The van der Waals surface area contributed by atoms with Gasteiger partial charge in [-0.05, 0) is 58.4 Å². The Bertz CT molecular complexity index is 922. The molecule has 1 atom stereocenters. The Hall–Kier alpha value is -2.96. The molecular weight excluding hydrogens is 340 g/mol. The van der Waals surface area contributed by atoms with Gasteiger partial charge in [0.25, 0.3) is 5.91 Å². The second-order valence-corrected chi connectivity index (χ2v) is 7.17. The Morgan fingerprint density at radius 1 is 1.15 bits per heavy atom. The van der Waals surface area contributed by atoms with Crippen molar-refractivity contribution in [3.8, 4) is 0 Å². The smallest absolute Gasteiger partial charge is 0.251 e. The minimum absolute atomic E-state index is 0.126. The highest BCUT2D eigenvalue weighted by Crippen LogP contribution is 2.15. The maximum atomic E-state index is 12.6. The predicted octanol–water partition coefficient (Wildman–Crippen LogP) is 3.21. The second-order valence-electron chi connectivity index (χ2n) is 7.17. The van der Waals surface area contributed by atoms with Crippen molar-refractivity contribution in [2.45, 2.75) is 53.2 Å². The first-order valence-corrected chi connectivity index (χ1v) is 9.15. The number of carbonyl (C=O) groups is 1. The lowest BCUT2D eigenvalue weighted by Gasteiger charge is -2.17. The summed E-state index contributed by atoms with van der Waals surface area (Å²) >= 11 is 0. The van der Waals surface area contributed by atoms with E-state index in [1.54, 1.807) is 6.33 Å². The number of amides is 1. The number of carbonyl (C=O) groups excluding carboxylic acids is 1. The zero-order valence-electron chi connectivity index (χ0n) is 16.5. The van der Waals surface area contributed by atoms with Gasteiger partial charge in [0.1, 0.15) is 6.33 Å². The van der Waals surface area contributed by atoms with Crippen molar-refractivity contribution in [1.29, 1.82) is 0 Å². The molecule has 0 aliphatic carbocycles. The number of aryl methyl sites for hydroxylation is 2. The topological polar surface area (TPSA) is 77.6 Å². The van der Waals surface area contributed by atoms with E-state index >= 15 is 0 Å². The van der Waals surface area contributed by atoms with Gasteiger partial charge in [-0.15, -0.1) is 10.2 Å². The van der Waals surface area contributed by atoms with E-state index in [1.165, 1.54) is 0 Å². The SMILES string of the molecule is Cc1cc(C)n(Cc2ccc(C(=O)N[C@H](C)c3nncn3C(C)C)cc2)n1. The lowest BCUT2D eigenvalue weighted by Crippen LogP contribution is -2.29. The molecule has 3 aromatic rings. The van der Waals surface area contributed by atoms with Crippen molar-refractivity contribution in [1.82, 2.24) is 29.9 Å². The minimum atomic E-state index is -0.225. The van der Waals surface area contributed by atoms with Crippen molar-refractivity contribution < 1.29 is 4.79 Å². The van der Waals surface area contributed by atoms with E-state index in [0.29, 0.717) is 12.1 Å². The van der Waals surface area contributed by atoms with Crippen LogP contribution in [0.2, 0.25) is 0 Å². The van der Waals surface area contributed by atoms with E-state index in [9.17, 15) is 4.79 Å². The fourth-order valence-electron chi connectivity index (χ4n) is 3.07. The molecule has 0 aliphatic heterocycles. The van der Waals surface area contributed by atoms with E-state index in [1.807, 2.05) is 54.3 Å². The van der Waals surface area contributed by atoms with Gasteiger partial charge in [0, 0.05) is 17.3 Å². The van der Waals surface area contributed by atoms with Crippen molar-refractivity contribution >= 4 is 5.91 Å². The summed E-state index contributed by atoms with van der Waals surface area (Å²) in [7, 11) is 0. The largest absolute Gasteiger partial charge is 0.342 e. The first kappa shape index (κ1) is 18.8. The normalized spacial score (nSPS) is 12.4. The molecule has 2 aromatic heterocycles. The van der Waals surface area contributed by atoms with Gasteiger partial charge in [0.15, 0.2) is 5.82 Å². The van der Waals surface area contributed by atoms with E-state index in [-0.39, 0.29) is 18.0 Å². The van der Waals surface area contributed by atoms with Crippen molar-refractivity contribution in [2.24, 2.45) is 0 Å². The van der Waals surface area contributed by atoms with Crippen molar-refractivity contribution in [3.05, 3.63) is 65.0 Å². The molecule has 2 heterocycles. The summed E-state index contributed by atoms with van der Waals surface area (Å²) in [5.74, 6) is 0.623. The van der Waals surface area contributed by atoms with Crippen molar-refractivity contribution in [2.75, 3.05) is 0 Å². The third-order valence-electron chi connectivity index (χ3n) is 4.54. The second kappa shape index (κ2) is 7.73. The average Bonchev–Trinajstić information content (AvgIpc) is 3.22. The summed E-state index contributed by atoms with van der Waals surface area (Å²) in [5, 5.41) is 15.6. The average molecular weight is 366 g/mol. The molecule has 0 saturated carbocycles. The first-order chi connectivity index (χ1) is 12.8. The van der Waals surface area contributed by atoms with Crippen LogP contribution in [0.1, 0.15) is 66.0 Å². The molecule has 0 aliphatic rings. The molecule has 1 aromatic carbocycles. The van der Waals surface area contributed by atoms with E-state index < -0.39 is 0 Å². The Labute approximate surface area is 159 Å². The fourth-order valence-corrected chi connectivity index (χ4v) is 3.07. The molecule has 27 heavy (non-hydrogen) atoms. The number of aromatic nitrogens is 5. The summed E-state index contributed by atoms with van der Waals surface area (Å²) in [6.07, 6.45) is 1.69. The molecule has 7 heteroatoms. The van der Waals surface area contributed by atoms with Crippen molar-refractivity contribution in [3.63, 3.8) is 0 Å². The van der Waals surface area contributed by atoms with Gasteiger partial charge in [-0.1, -0.05) is 12.1 Å². The molecule has 0 fully saturated rings. The Kier molecular flexibility index (Phi) is 5.39.